The maximum atomic E-state index is 12.4. The van der Waals surface area contributed by atoms with Gasteiger partial charge in [0.2, 0.25) is 23.6 Å². The van der Waals surface area contributed by atoms with Crippen LogP contribution in [0.2, 0.25) is 0 Å². The van der Waals surface area contributed by atoms with Crippen molar-refractivity contribution in [3.05, 3.63) is 0 Å². The number of carboxylic acids is 1. The van der Waals surface area contributed by atoms with Gasteiger partial charge in [-0.05, 0) is 24.7 Å². The van der Waals surface area contributed by atoms with E-state index in [0.29, 0.717) is 0 Å². The molecule has 0 fully saturated rings. The molecule has 11 nitrogen and oxygen atoms in total. The van der Waals surface area contributed by atoms with E-state index in [1.807, 2.05) is 13.8 Å². The summed E-state index contributed by atoms with van der Waals surface area (Å²) in [5.74, 6) is -3.87. The largest absolute Gasteiger partial charge is 0.480 e. The fourth-order valence-corrected chi connectivity index (χ4v) is 2.44. The second-order valence-electron chi connectivity index (χ2n) is 7.65. The zero-order chi connectivity index (χ0) is 22.7. The summed E-state index contributed by atoms with van der Waals surface area (Å²) in [4.78, 5) is 58.5. The van der Waals surface area contributed by atoms with E-state index in [0.717, 1.165) is 0 Å². The second kappa shape index (κ2) is 12.7. The molecule has 3 atom stereocenters. The van der Waals surface area contributed by atoms with Crippen molar-refractivity contribution in [2.75, 3.05) is 6.54 Å². The molecule has 0 spiro atoms. The molecule has 0 aromatic rings. The number of hydrogen-bond acceptors (Lipinski definition) is 6. The number of primary amides is 1. The molecule has 0 aliphatic carbocycles. The first-order valence-corrected chi connectivity index (χ1v) is 9.49. The summed E-state index contributed by atoms with van der Waals surface area (Å²) in [6.07, 6.45) is 0.236. The van der Waals surface area contributed by atoms with Gasteiger partial charge in [-0.3, -0.25) is 19.2 Å². The Morgan fingerprint density at radius 1 is 0.966 bits per heavy atom. The highest BCUT2D eigenvalue weighted by Gasteiger charge is 2.27. The molecule has 0 aliphatic heterocycles. The molecule has 4 amide bonds. The number of carbonyl (C=O) groups excluding carboxylic acids is 4. The fraction of sp³-hybridized carbons (Fsp3) is 0.722. The van der Waals surface area contributed by atoms with Gasteiger partial charge in [-0.25, -0.2) is 4.79 Å². The molecule has 166 valence electrons. The average molecular weight is 415 g/mol. The van der Waals surface area contributed by atoms with Crippen molar-refractivity contribution in [3.63, 3.8) is 0 Å². The predicted molar refractivity (Wildman–Crippen MR) is 105 cm³/mol. The molecule has 0 rings (SSSR count). The van der Waals surface area contributed by atoms with Gasteiger partial charge in [-0.2, -0.15) is 0 Å². The molecule has 11 heteroatoms. The van der Waals surface area contributed by atoms with Crippen LogP contribution in [0.4, 0.5) is 0 Å². The molecule has 8 N–H and O–H groups in total. The van der Waals surface area contributed by atoms with Crippen molar-refractivity contribution in [2.24, 2.45) is 23.3 Å². The zero-order valence-electron chi connectivity index (χ0n) is 17.4. The van der Waals surface area contributed by atoms with E-state index < -0.39 is 54.3 Å². The molecule has 0 saturated carbocycles. The van der Waals surface area contributed by atoms with Crippen molar-refractivity contribution in [1.82, 2.24) is 16.0 Å². The van der Waals surface area contributed by atoms with E-state index in [1.165, 1.54) is 0 Å². The molecular formula is C18H33N5O6. The molecular weight excluding hydrogens is 382 g/mol. The molecule has 0 saturated heterocycles. The van der Waals surface area contributed by atoms with Crippen LogP contribution in [0.15, 0.2) is 0 Å². The van der Waals surface area contributed by atoms with Gasteiger partial charge in [0.05, 0.1) is 12.6 Å². The third kappa shape index (κ3) is 11.0. The van der Waals surface area contributed by atoms with Crippen LogP contribution in [0.5, 0.6) is 0 Å². The number of carboxylic acid groups (broad SMARTS) is 1. The summed E-state index contributed by atoms with van der Waals surface area (Å²) < 4.78 is 0. The van der Waals surface area contributed by atoms with E-state index in [4.69, 9.17) is 16.6 Å². The molecule has 3 unspecified atom stereocenters. The Hall–Kier alpha value is -2.69. The van der Waals surface area contributed by atoms with Crippen LogP contribution in [0.3, 0.4) is 0 Å². The zero-order valence-corrected chi connectivity index (χ0v) is 17.4. The van der Waals surface area contributed by atoms with E-state index in [-0.39, 0.29) is 31.1 Å². The van der Waals surface area contributed by atoms with Gasteiger partial charge >= 0.3 is 5.97 Å². The smallest absolute Gasteiger partial charge is 0.326 e. The highest BCUT2D eigenvalue weighted by molar-refractivity contribution is 5.92. The number of hydrogen-bond donors (Lipinski definition) is 6. The number of nitrogens with two attached hydrogens (primary N) is 2. The molecule has 0 aromatic heterocycles. The normalized spacial score (nSPS) is 14.0. The van der Waals surface area contributed by atoms with Gasteiger partial charge in [0, 0.05) is 6.42 Å². The maximum absolute atomic E-state index is 12.4. The van der Waals surface area contributed by atoms with Gasteiger partial charge in [-0.15, -0.1) is 0 Å². The third-order valence-corrected chi connectivity index (χ3v) is 4.05. The Morgan fingerprint density at radius 2 is 1.55 bits per heavy atom. The summed E-state index contributed by atoms with van der Waals surface area (Å²) in [7, 11) is 0. The Balaban J connectivity index is 4.74. The van der Waals surface area contributed by atoms with Crippen LogP contribution in [0.1, 0.15) is 47.0 Å². The first-order chi connectivity index (χ1) is 13.3. The molecule has 0 heterocycles. The van der Waals surface area contributed by atoms with E-state index in [9.17, 15) is 24.0 Å². The van der Waals surface area contributed by atoms with Crippen molar-refractivity contribution in [3.8, 4) is 0 Å². The van der Waals surface area contributed by atoms with Crippen molar-refractivity contribution < 1.29 is 29.1 Å². The van der Waals surface area contributed by atoms with Crippen LogP contribution in [-0.4, -0.2) is 59.4 Å². The minimum atomic E-state index is -1.16. The lowest BCUT2D eigenvalue weighted by Gasteiger charge is -2.23. The molecule has 29 heavy (non-hydrogen) atoms. The minimum Gasteiger partial charge on any atom is -0.480 e. The Labute approximate surface area is 170 Å². The van der Waals surface area contributed by atoms with Crippen LogP contribution in [0.25, 0.3) is 0 Å². The van der Waals surface area contributed by atoms with Crippen molar-refractivity contribution >= 4 is 29.6 Å². The fourth-order valence-electron chi connectivity index (χ4n) is 2.44. The van der Waals surface area contributed by atoms with E-state index >= 15 is 0 Å². The van der Waals surface area contributed by atoms with Crippen LogP contribution >= 0.6 is 0 Å². The number of amides is 4. The van der Waals surface area contributed by atoms with Crippen molar-refractivity contribution in [1.29, 1.82) is 0 Å². The molecule has 0 radical (unpaired) electrons. The highest BCUT2D eigenvalue weighted by Crippen LogP contribution is 2.05. The van der Waals surface area contributed by atoms with Crippen LogP contribution in [0, 0.1) is 11.8 Å². The minimum absolute atomic E-state index is 0.0441. The summed E-state index contributed by atoms with van der Waals surface area (Å²) in [6.45, 7) is 6.61. The van der Waals surface area contributed by atoms with Gasteiger partial charge < -0.3 is 32.5 Å². The molecule has 0 aliphatic rings. The summed E-state index contributed by atoms with van der Waals surface area (Å²) >= 11 is 0. The topological polar surface area (TPSA) is 194 Å². The maximum Gasteiger partial charge on any atom is 0.326 e. The summed E-state index contributed by atoms with van der Waals surface area (Å²) in [5.41, 5.74) is 10.7. The Kier molecular flexibility index (Phi) is 11.5. The van der Waals surface area contributed by atoms with Crippen LogP contribution < -0.4 is 27.4 Å². The Morgan fingerprint density at radius 3 is 2.00 bits per heavy atom. The number of carbonyl (C=O) groups is 5. The first kappa shape index (κ1) is 26.3. The van der Waals surface area contributed by atoms with Gasteiger partial charge in [0.25, 0.3) is 0 Å². The Bertz CT molecular complexity index is 608. The average Bonchev–Trinajstić information content (AvgIpc) is 2.60. The van der Waals surface area contributed by atoms with E-state index in [2.05, 4.69) is 16.0 Å². The lowest BCUT2D eigenvalue weighted by atomic mass is 10.0. The predicted octanol–water partition coefficient (Wildman–Crippen LogP) is -1.55. The van der Waals surface area contributed by atoms with E-state index in [1.54, 1.807) is 13.8 Å². The van der Waals surface area contributed by atoms with Crippen LogP contribution in [-0.2, 0) is 24.0 Å². The summed E-state index contributed by atoms with van der Waals surface area (Å²) in [6, 6.07) is -3.02. The second-order valence-corrected chi connectivity index (χ2v) is 7.65. The highest BCUT2D eigenvalue weighted by atomic mass is 16.4. The lowest BCUT2D eigenvalue weighted by Crippen LogP contribution is -2.55. The monoisotopic (exact) mass is 415 g/mol. The lowest BCUT2D eigenvalue weighted by molar-refractivity contribution is -0.142. The number of nitrogens with one attached hydrogen (secondary N) is 3. The standard InChI is InChI=1S/C18H33N5O6/c1-9(2)7-12(18(28)29)22-14(25)8-21-17(27)15(10(3)4)23-16(26)11(19)5-6-13(20)24/h9-12,15H,5-8,19H2,1-4H3,(H2,20,24)(H,21,27)(H,22,25)(H,23,26)(H,28,29). The van der Waals surface area contributed by atoms with Gasteiger partial charge in [0.1, 0.15) is 12.1 Å². The van der Waals surface area contributed by atoms with Gasteiger partial charge in [0.15, 0.2) is 0 Å². The first-order valence-electron chi connectivity index (χ1n) is 9.49. The SMILES string of the molecule is CC(C)CC(NC(=O)CNC(=O)C(NC(=O)C(N)CCC(N)=O)C(C)C)C(=O)O. The van der Waals surface area contributed by atoms with Gasteiger partial charge in [-0.1, -0.05) is 27.7 Å². The quantitative estimate of drug-likeness (QED) is 0.209. The molecule has 0 bridgehead atoms. The summed E-state index contributed by atoms with van der Waals surface area (Å²) in [5, 5.41) is 16.4. The number of rotatable bonds is 13. The number of aliphatic carboxylic acids is 1. The molecule has 0 aromatic carbocycles. The third-order valence-electron chi connectivity index (χ3n) is 4.05. The van der Waals surface area contributed by atoms with Crippen molar-refractivity contribution in [2.45, 2.75) is 65.1 Å².